The minimum atomic E-state index is -0.412. The van der Waals surface area contributed by atoms with Gasteiger partial charge in [0.2, 0.25) is 0 Å². The molecule has 0 saturated carbocycles. The predicted octanol–water partition coefficient (Wildman–Crippen LogP) is 1.45. The van der Waals surface area contributed by atoms with E-state index in [9.17, 15) is 5.11 Å². The molecule has 0 aromatic carbocycles. The third-order valence-corrected chi connectivity index (χ3v) is 3.70. The van der Waals surface area contributed by atoms with Crippen LogP contribution in [0.25, 0.3) is 0 Å². The Morgan fingerprint density at radius 1 is 1.26 bits per heavy atom. The largest absolute Gasteiger partial charge is 0.387 e. The first-order valence-corrected chi connectivity index (χ1v) is 7.26. The lowest BCUT2D eigenvalue weighted by atomic mass is 10.1. The summed E-state index contributed by atoms with van der Waals surface area (Å²) in [5.41, 5.74) is 1.99. The number of nitrogens with one attached hydrogen (secondary N) is 1. The molecule has 0 amide bonds. The van der Waals surface area contributed by atoms with Crippen LogP contribution in [0.1, 0.15) is 50.5 Å². The molecule has 1 aliphatic carbocycles. The molecule has 1 aromatic rings. The van der Waals surface area contributed by atoms with Crippen LogP contribution in [0.2, 0.25) is 0 Å². The van der Waals surface area contributed by atoms with E-state index < -0.39 is 6.10 Å². The standard InChI is InChI=1S/C12H18N4O.C2H6/c1-8-6-9(17)11-10(8)12(15-7-14-11)16-4-2-13-3-5-16;1-2/h7-9,13,17H,2-6H2,1H3;1-2H3/t8-,9-;/m1./s1. The van der Waals surface area contributed by atoms with Crippen molar-refractivity contribution in [1.82, 2.24) is 15.3 Å². The number of piperazine rings is 1. The molecule has 2 N–H and O–H groups in total. The fourth-order valence-corrected chi connectivity index (χ4v) is 2.83. The highest BCUT2D eigenvalue weighted by Gasteiger charge is 2.32. The van der Waals surface area contributed by atoms with Crippen molar-refractivity contribution in [2.75, 3.05) is 31.1 Å². The average Bonchev–Trinajstić information content (AvgIpc) is 2.77. The van der Waals surface area contributed by atoms with Crippen LogP contribution < -0.4 is 10.2 Å². The zero-order chi connectivity index (χ0) is 13.8. The third-order valence-electron chi connectivity index (χ3n) is 3.70. The number of nitrogens with zero attached hydrogens (tertiary/aromatic N) is 3. The van der Waals surface area contributed by atoms with Crippen molar-refractivity contribution >= 4 is 5.82 Å². The van der Waals surface area contributed by atoms with Crippen molar-refractivity contribution in [2.45, 2.75) is 39.2 Å². The van der Waals surface area contributed by atoms with Gasteiger partial charge >= 0.3 is 0 Å². The smallest absolute Gasteiger partial charge is 0.135 e. The van der Waals surface area contributed by atoms with E-state index in [1.165, 1.54) is 0 Å². The molecule has 0 spiro atoms. The van der Waals surface area contributed by atoms with E-state index in [4.69, 9.17) is 0 Å². The van der Waals surface area contributed by atoms with E-state index in [0.717, 1.165) is 49.7 Å². The molecule has 106 valence electrons. The van der Waals surface area contributed by atoms with Gasteiger partial charge in [-0.25, -0.2) is 9.97 Å². The van der Waals surface area contributed by atoms with E-state index in [-0.39, 0.29) is 0 Å². The van der Waals surface area contributed by atoms with Gasteiger partial charge in [-0.2, -0.15) is 0 Å². The van der Waals surface area contributed by atoms with Gasteiger partial charge in [0, 0.05) is 31.7 Å². The van der Waals surface area contributed by atoms with Crippen LogP contribution >= 0.6 is 0 Å². The Balaban J connectivity index is 0.000000637. The van der Waals surface area contributed by atoms with Gasteiger partial charge in [-0.15, -0.1) is 0 Å². The Hall–Kier alpha value is -1.20. The van der Waals surface area contributed by atoms with E-state index in [2.05, 4.69) is 27.1 Å². The molecule has 0 bridgehead atoms. The minimum Gasteiger partial charge on any atom is -0.387 e. The normalized spacial score (nSPS) is 25.6. The number of hydrogen-bond acceptors (Lipinski definition) is 5. The third kappa shape index (κ3) is 2.72. The first-order valence-electron chi connectivity index (χ1n) is 7.26. The summed E-state index contributed by atoms with van der Waals surface area (Å²) in [7, 11) is 0. The summed E-state index contributed by atoms with van der Waals surface area (Å²) in [4.78, 5) is 11.0. The Morgan fingerprint density at radius 2 is 1.95 bits per heavy atom. The zero-order valence-electron chi connectivity index (χ0n) is 12.1. The number of fused-ring (bicyclic) bond motifs is 1. The second-order valence-corrected chi connectivity index (χ2v) is 4.89. The highest BCUT2D eigenvalue weighted by Crippen LogP contribution is 2.42. The molecule has 2 aliphatic rings. The topological polar surface area (TPSA) is 61.3 Å². The lowest BCUT2D eigenvalue weighted by Crippen LogP contribution is -2.44. The maximum absolute atomic E-state index is 9.95. The van der Waals surface area contributed by atoms with E-state index in [0.29, 0.717) is 5.92 Å². The molecule has 0 radical (unpaired) electrons. The maximum Gasteiger partial charge on any atom is 0.135 e. The number of hydrogen-bond donors (Lipinski definition) is 2. The van der Waals surface area contributed by atoms with Crippen molar-refractivity contribution in [1.29, 1.82) is 0 Å². The molecule has 5 nitrogen and oxygen atoms in total. The molecule has 1 aromatic heterocycles. The van der Waals surface area contributed by atoms with Crippen molar-refractivity contribution in [2.24, 2.45) is 0 Å². The van der Waals surface area contributed by atoms with E-state index >= 15 is 0 Å². The number of aliphatic hydroxyl groups is 1. The molecule has 3 rings (SSSR count). The van der Waals surface area contributed by atoms with Gasteiger partial charge in [0.1, 0.15) is 12.1 Å². The van der Waals surface area contributed by atoms with Gasteiger partial charge in [0.05, 0.1) is 11.8 Å². The highest BCUT2D eigenvalue weighted by atomic mass is 16.3. The summed E-state index contributed by atoms with van der Waals surface area (Å²) >= 11 is 0. The summed E-state index contributed by atoms with van der Waals surface area (Å²) < 4.78 is 0. The van der Waals surface area contributed by atoms with Crippen LogP contribution in [-0.4, -0.2) is 41.3 Å². The van der Waals surface area contributed by atoms with Crippen LogP contribution in [-0.2, 0) is 0 Å². The van der Waals surface area contributed by atoms with Gasteiger partial charge in [-0.3, -0.25) is 0 Å². The average molecular weight is 264 g/mol. The van der Waals surface area contributed by atoms with Crippen LogP contribution in [0.5, 0.6) is 0 Å². The number of aromatic nitrogens is 2. The summed E-state index contributed by atoms with van der Waals surface area (Å²) in [5.74, 6) is 1.38. The highest BCUT2D eigenvalue weighted by molar-refractivity contribution is 5.53. The van der Waals surface area contributed by atoms with Crippen molar-refractivity contribution in [3.63, 3.8) is 0 Å². The van der Waals surface area contributed by atoms with E-state index in [1.54, 1.807) is 6.33 Å². The van der Waals surface area contributed by atoms with Crippen LogP contribution in [0.15, 0.2) is 6.33 Å². The monoisotopic (exact) mass is 264 g/mol. The van der Waals surface area contributed by atoms with Gasteiger partial charge in [0.15, 0.2) is 0 Å². The first-order chi connectivity index (χ1) is 9.27. The Morgan fingerprint density at radius 3 is 2.63 bits per heavy atom. The Bertz CT molecular complexity index is 418. The molecule has 1 aliphatic heterocycles. The fraction of sp³-hybridized carbons (Fsp3) is 0.714. The minimum absolute atomic E-state index is 0.353. The summed E-state index contributed by atoms with van der Waals surface area (Å²) in [6, 6.07) is 0. The second-order valence-electron chi connectivity index (χ2n) is 4.89. The molecule has 0 unspecified atom stereocenters. The van der Waals surface area contributed by atoms with Gasteiger partial charge < -0.3 is 15.3 Å². The van der Waals surface area contributed by atoms with Crippen molar-refractivity contribution in [3.05, 3.63) is 17.6 Å². The molecular weight excluding hydrogens is 240 g/mol. The molecular formula is C14H24N4O. The number of anilines is 1. The summed E-state index contributed by atoms with van der Waals surface area (Å²) in [5, 5.41) is 13.3. The number of rotatable bonds is 1. The molecule has 5 heteroatoms. The Labute approximate surface area is 115 Å². The van der Waals surface area contributed by atoms with Crippen LogP contribution in [0.4, 0.5) is 5.82 Å². The SMILES string of the molecule is CC.C[C@@H]1C[C@@H](O)c2ncnc(N3CCNCC3)c21. The molecule has 1 fully saturated rings. The van der Waals surface area contributed by atoms with E-state index in [1.807, 2.05) is 13.8 Å². The van der Waals surface area contributed by atoms with Gasteiger partial charge in [-0.05, 0) is 12.3 Å². The Kier molecular flexibility index (Phi) is 4.71. The lowest BCUT2D eigenvalue weighted by Gasteiger charge is -2.30. The lowest BCUT2D eigenvalue weighted by molar-refractivity contribution is 0.170. The quantitative estimate of drug-likeness (QED) is 0.804. The summed E-state index contributed by atoms with van der Waals surface area (Å²) in [6.45, 7) is 10.1. The number of aliphatic hydroxyl groups excluding tert-OH is 1. The summed E-state index contributed by atoms with van der Waals surface area (Å²) in [6.07, 6.45) is 1.94. The van der Waals surface area contributed by atoms with Crippen LogP contribution in [0, 0.1) is 0 Å². The predicted molar refractivity (Wildman–Crippen MR) is 76.5 cm³/mol. The zero-order valence-corrected chi connectivity index (χ0v) is 12.1. The fourth-order valence-electron chi connectivity index (χ4n) is 2.83. The molecule has 2 atom stereocenters. The first kappa shape index (κ1) is 14.2. The van der Waals surface area contributed by atoms with Crippen molar-refractivity contribution < 1.29 is 5.11 Å². The van der Waals surface area contributed by atoms with Gasteiger partial charge in [-0.1, -0.05) is 20.8 Å². The van der Waals surface area contributed by atoms with Crippen molar-refractivity contribution in [3.8, 4) is 0 Å². The maximum atomic E-state index is 9.95. The molecule has 19 heavy (non-hydrogen) atoms. The molecule has 1 saturated heterocycles. The molecule has 2 heterocycles. The second kappa shape index (κ2) is 6.30. The van der Waals surface area contributed by atoms with Crippen LogP contribution in [0.3, 0.4) is 0 Å². The van der Waals surface area contributed by atoms with Gasteiger partial charge in [0.25, 0.3) is 0 Å².